The molecule has 0 saturated carbocycles. The van der Waals surface area contributed by atoms with Gasteiger partial charge in [-0.15, -0.1) is 0 Å². The Kier molecular flexibility index (Phi) is 7.11. The van der Waals surface area contributed by atoms with Gasteiger partial charge >= 0.3 is 0 Å². The van der Waals surface area contributed by atoms with Crippen LogP contribution < -0.4 is 0 Å². The third-order valence-corrected chi connectivity index (χ3v) is 6.67. The van der Waals surface area contributed by atoms with Crippen molar-refractivity contribution < 1.29 is 29.2 Å². The van der Waals surface area contributed by atoms with Crippen LogP contribution in [-0.4, -0.2) is 47.8 Å². The van der Waals surface area contributed by atoms with Crippen molar-refractivity contribution >= 4 is 46.4 Å². The first-order valence-electron chi connectivity index (χ1n) is 9.15. The summed E-state index contributed by atoms with van der Waals surface area (Å²) in [4.78, 5) is 0. The number of rotatable bonds is 4. The SMILES string of the molecule is OC[C@@H](O)[C@H]1OC(c2cccc(Cl)c2Cl)O[C@H]2COC(c3cccc(Cl)c3Cl)O[C@@H]12. The minimum Gasteiger partial charge on any atom is -0.394 e. The molecule has 0 aromatic heterocycles. The molecule has 2 N–H and O–H groups in total. The fourth-order valence-corrected chi connectivity index (χ4v) is 4.29. The summed E-state index contributed by atoms with van der Waals surface area (Å²) in [5.74, 6) is 0. The monoisotopic (exact) mass is 494 g/mol. The van der Waals surface area contributed by atoms with Gasteiger partial charge in [0.2, 0.25) is 0 Å². The second-order valence-electron chi connectivity index (χ2n) is 6.91. The normalized spacial score (nSPS) is 30.0. The van der Waals surface area contributed by atoms with Gasteiger partial charge in [0.25, 0.3) is 0 Å². The van der Waals surface area contributed by atoms with Crippen molar-refractivity contribution in [1.29, 1.82) is 0 Å². The lowest BCUT2D eigenvalue weighted by molar-refractivity contribution is -0.373. The van der Waals surface area contributed by atoms with Gasteiger partial charge in [-0.05, 0) is 12.1 Å². The molecule has 2 aliphatic heterocycles. The maximum Gasteiger partial charge on any atom is 0.186 e. The molecule has 6 nitrogen and oxygen atoms in total. The molecule has 0 aliphatic carbocycles. The lowest BCUT2D eigenvalue weighted by Crippen LogP contribution is -2.58. The van der Waals surface area contributed by atoms with Gasteiger partial charge in [-0.3, -0.25) is 0 Å². The number of hydrogen-bond donors (Lipinski definition) is 2. The number of ether oxygens (including phenoxy) is 4. The van der Waals surface area contributed by atoms with Crippen LogP contribution in [0, 0.1) is 0 Å². The number of aliphatic hydroxyl groups is 2. The zero-order valence-electron chi connectivity index (χ0n) is 15.4. The Bertz CT molecular complexity index is 911. The van der Waals surface area contributed by atoms with E-state index in [0.717, 1.165) is 0 Å². The van der Waals surface area contributed by atoms with Crippen LogP contribution in [0.15, 0.2) is 36.4 Å². The molecule has 2 heterocycles. The van der Waals surface area contributed by atoms with Crippen molar-refractivity contribution in [1.82, 2.24) is 0 Å². The Morgan fingerprint density at radius 1 is 0.867 bits per heavy atom. The van der Waals surface area contributed by atoms with Crippen LogP contribution in [0.4, 0.5) is 0 Å². The van der Waals surface area contributed by atoms with E-state index in [1.807, 2.05) is 0 Å². The lowest BCUT2D eigenvalue weighted by Gasteiger charge is -2.47. The zero-order chi connectivity index (χ0) is 21.4. The maximum absolute atomic E-state index is 10.4. The standard InChI is InChI=1S/C20H18Cl4O6/c21-11-5-1-3-9(15(11)23)19-27-8-14-18(30-19)17(13(26)7-25)29-20(28-14)10-4-2-6-12(22)16(10)24/h1-6,13-14,17-20,25-26H,7-8H2/t13-,14+,17-,18-,19?,20?/m1/s1. The smallest absolute Gasteiger partial charge is 0.186 e. The molecular weight excluding hydrogens is 478 g/mol. The van der Waals surface area contributed by atoms with Gasteiger partial charge in [-0.2, -0.15) is 0 Å². The predicted molar refractivity (Wildman–Crippen MR) is 112 cm³/mol. The van der Waals surface area contributed by atoms with Crippen molar-refractivity contribution in [3.8, 4) is 0 Å². The molecular formula is C20H18Cl4O6. The van der Waals surface area contributed by atoms with Crippen LogP contribution in [0.25, 0.3) is 0 Å². The van der Waals surface area contributed by atoms with Crippen LogP contribution in [0.5, 0.6) is 0 Å². The average Bonchev–Trinajstić information content (AvgIpc) is 2.76. The highest BCUT2D eigenvalue weighted by Crippen LogP contribution is 2.43. The first kappa shape index (κ1) is 22.6. The highest BCUT2D eigenvalue weighted by molar-refractivity contribution is 6.43. The third-order valence-electron chi connectivity index (χ3n) is 5.00. The van der Waals surface area contributed by atoms with Crippen molar-refractivity contribution in [2.75, 3.05) is 13.2 Å². The number of halogens is 4. The molecule has 0 amide bonds. The van der Waals surface area contributed by atoms with E-state index >= 15 is 0 Å². The van der Waals surface area contributed by atoms with Crippen LogP contribution in [0.3, 0.4) is 0 Å². The summed E-state index contributed by atoms with van der Waals surface area (Å²) in [6, 6.07) is 10.2. The van der Waals surface area contributed by atoms with Crippen LogP contribution in [0.1, 0.15) is 23.7 Å². The van der Waals surface area contributed by atoms with E-state index in [0.29, 0.717) is 26.2 Å². The predicted octanol–water partition coefficient (Wildman–Crippen LogP) is 4.55. The van der Waals surface area contributed by atoms with Crippen LogP contribution in [-0.2, 0) is 18.9 Å². The van der Waals surface area contributed by atoms with Gasteiger partial charge in [0.15, 0.2) is 12.6 Å². The Labute approximate surface area is 193 Å². The largest absolute Gasteiger partial charge is 0.394 e. The van der Waals surface area contributed by atoms with Gasteiger partial charge in [0, 0.05) is 11.1 Å². The molecule has 2 aliphatic rings. The fraction of sp³-hybridized carbons (Fsp3) is 0.400. The summed E-state index contributed by atoms with van der Waals surface area (Å²) in [7, 11) is 0. The van der Waals surface area contributed by atoms with E-state index in [2.05, 4.69) is 0 Å². The number of benzene rings is 2. The highest BCUT2D eigenvalue weighted by Gasteiger charge is 2.48. The number of aliphatic hydroxyl groups excluding tert-OH is 2. The second kappa shape index (κ2) is 9.46. The Morgan fingerprint density at radius 3 is 2.07 bits per heavy atom. The molecule has 2 fully saturated rings. The summed E-state index contributed by atoms with van der Waals surface area (Å²) >= 11 is 24.8. The average molecular weight is 496 g/mol. The molecule has 2 aromatic rings. The van der Waals surface area contributed by atoms with Crippen molar-refractivity contribution in [3.63, 3.8) is 0 Å². The third kappa shape index (κ3) is 4.32. The molecule has 30 heavy (non-hydrogen) atoms. The summed E-state index contributed by atoms with van der Waals surface area (Å²) < 4.78 is 23.8. The van der Waals surface area contributed by atoms with E-state index in [9.17, 15) is 10.2 Å². The molecule has 6 atom stereocenters. The molecule has 2 aromatic carbocycles. The minimum absolute atomic E-state index is 0.130. The van der Waals surface area contributed by atoms with Gasteiger partial charge in [0.1, 0.15) is 24.4 Å². The summed E-state index contributed by atoms with van der Waals surface area (Å²) in [6.45, 7) is -0.401. The van der Waals surface area contributed by atoms with Gasteiger partial charge in [0.05, 0.1) is 33.3 Å². The lowest BCUT2D eigenvalue weighted by atomic mass is 9.99. The van der Waals surface area contributed by atoms with Crippen LogP contribution in [0.2, 0.25) is 20.1 Å². The summed E-state index contributed by atoms with van der Waals surface area (Å²) in [5, 5.41) is 21.3. The molecule has 0 radical (unpaired) electrons. The van der Waals surface area contributed by atoms with Gasteiger partial charge < -0.3 is 29.2 Å². The van der Waals surface area contributed by atoms with E-state index < -0.39 is 43.6 Å². The molecule has 4 rings (SSSR count). The molecule has 0 bridgehead atoms. The Hall–Kier alpha value is -0.640. The summed E-state index contributed by atoms with van der Waals surface area (Å²) in [5.41, 5.74) is 1.04. The minimum atomic E-state index is -1.23. The number of hydrogen-bond acceptors (Lipinski definition) is 6. The highest BCUT2D eigenvalue weighted by atomic mass is 35.5. The fourth-order valence-electron chi connectivity index (χ4n) is 3.49. The van der Waals surface area contributed by atoms with E-state index in [-0.39, 0.29) is 11.6 Å². The van der Waals surface area contributed by atoms with Gasteiger partial charge in [-0.1, -0.05) is 70.7 Å². The first-order valence-corrected chi connectivity index (χ1v) is 10.7. The Morgan fingerprint density at radius 2 is 1.47 bits per heavy atom. The van der Waals surface area contributed by atoms with Crippen molar-refractivity contribution in [2.24, 2.45) is 0 Å². The molecule has 2 saturated heterocycles. The van der Waals surface area contributed by atoms with Crippen molar-refractivity contribution in [2.45, 2.75) is 37.0 Å². The quantitative estimate of drug-likeness (QED) is 0.647. The maximum atomic E-state index is 10.4. The topological polar surface area (TPSA) is 77.4 Å². The molecule has 2 unspecified atom stereocenters. The first-order chi connectivity index (χ1) is 14.4. The zero-order valence-corrected chi connectivity index (χ0v) is 18.4. The Balaban J connectivity index is 1.61. The molecule has 10 heteroatoms. The van der Waals surface area contributed by atoms with Crippen molar-refractivity contribution in [3.05, 3.63) is 67.6 Å². The van der Waals surface area contributed by atoms with Gasteiger partial charge in [-0.25, -0.2) is 0 Å². The summed E-state index contributed by atoms with van der Waals surface area (Å²) in [6.07, 6.45) is -5.26. The van der Waals surface area contributed by atoms with E-state index in [1.165, 1.54) is 0 Å². The van der Waals surface area contributed by atoms with Crippen LogP contribution >= 0.6 is 46.4 Å². The second-order valence-corrected chi connectivity index (χ2v) is 8.48. The van der Waals surface area contributed by atoms with E-state index in [4.69, 9.17) is 65.4 Å². The van der Waals surface area contributed by atoms with E-state index in [1.54, 1.807) is 36.4 Å². The number of fused-ring (bicyclic) bond motifs is 1. The molecule has 0 spiro atoms. The molecule has 162 valence electrons.